The van der Waals surface area contributed by atoms with Gasteiger partial charge in [0, 0.05) is 6.26 Å². The summed E-state index contributed by atoms with van der Waals surface area (Å²) in [5.74, 6) is 0. The number of aliphatic hydroxyl groups excluding tert-OH is 1. The minimum absolute atomic E-state index is 0.487. The molecule has 0 bridgehead atoms. The van der Waals surface area contributed by atoms with Crippen LogP contribution in [0.2, 0.25) is 0 Å². The number of benzene rings is 1. The van der Waals surface area contributed by atoms with Gasteiger partial charge in [0.25, 0.3) is 0 Å². The van der Waals surface area contributed by atoms with Gasteiger partial charge in [-0.25, -0.2) is 8.42 Å². The second kappa shape index (κ2) is 4.12. The van der Waals surface area contributed by atoms with E-state index in [-0.39, 0.29) is 0 Å². The summed E-state index contributed by atoms with van der Waals surface area (Å²) in [5.41, 5.74) is 0.487. The first-order valence-corrected chi connectivity index (χ1v) is 6.65. The molecule has 0 heterocycles. The molecule has 0 amide bonds. The Morgan fingerprint density at radius 1 is 1.33 bits per heavy atom. The second-order valence-electron chi connectivity index (χ2n) is 3.57. The topological polar surface area (TPSA) is 54.4 Å². The van der Waals surface area contributed by atoms with E-state index in [4.69, 9.17) is 11.6 Å². The van der Waals surface area contributed by atoms with E-state index in [9.17, 15) is 13.5 Å². The third-order valence-electron chi connectivity index (χ3n) is 2.33. The minimum atomic E-state index is -3.53. The van der Waals surface area contributed by atoms with Crippen LogP contribution in [0.3, 0.4) is 0 Å². The number of hydrogen-bond donors (Lipinski definition) is 1. The maximum Gasteiger partial charge on any atom is 0.172 e. The normalized spacial score (nSPS) is 18.1. The predicted octanol–water partition coefficient (Wildman–Crippen LogP) is 1.72. The van der Waals surface area contributed by atoms with Crippen LogP contribution in [0.1, 0.15) is 18.6 Å². The predicted molar refractivity (Wildman–Crippen MR) is 60.5 cm³/mol. The highest BCUT2D eigenvalue weighted by atomic mass is 35.5. The molecule has 0 saturated carbocycles. The molecule has 0 aromatic heterocycles. The van der Waals surface area contributed by atoms with Crippen molar-refractivity contribution in [3.8, 4) is 0 Å². The van der Waals surface area contributed by atoms with E-state index in [2.05, 4.69) is 0 Å². The third kappa shape index (κ3) is 2.51. The van der Waals surface area contributed by atoms with Crippen LogP contribution in [0.25, 0.3) is 0 Å². The van der Waals surface area contributed by atoms with Gasteiger partial charge in [0.15, 0.2) is 14.0 Å². The van der Waals surface area contributed by atoms with Gasteiger partial charge in [0.1, 0.15) is 6.10 Å². The van der Waals surface area contributed by atoms with Gasteiger partial charge in [0.05, 0.1) is 0 Å². The van der Waals surface area contributed by atoms with Crippen LogP contribution in [0.4, 0.5) is 0 Å². The summed E-state index contributed by atoms with van der Waals surface area (Å²) >= 11 is 5.86. The van der Waals surface area contributed by atoms with Crippen LogP contribution in [0, 0.1) is 0 Å². The maximum absolute atomic E-state index is 11.4. The molecule has 5 heteroatoms. The number of rotatable bonds is 3. The molecule has 0 spiro atoms. The van der Waals surface area contributed by atoms with Crippen LogP contribution >= 0.6 is 11.6 Å². The Morgan fingerprint density at radius 3 is 2.20 bits per heavy atom. The Labute approximate surface area is 94.6 Å². The zero-order valence-electron chi connectivity index (χ0n) is 8.51. The molecule has 0 aliphatic heterocycles. The Hall–Kier alpha value is -0.580. The van der Waals surface area contributed by atoms with E-state index in [0.29, 0.717) is 5.56 Å². The van der Waals surface area contributed by atoms with Gasteiger partial charge in [-0.3, -0.25) is 0 Å². The summed E-state index contributed by atoms with van der Waals surface area (Å²) in [4.78, 5) is 0. The third-order valence-corrected chi connectivity index (χ3v) is 5.05. The number of alkyl halides is 1. The van der Waals surface area contributed by atoms with Crippen LogP contribution < -0.4 is 0 Å². The molecule has 2 atom stereocenters. The van der Waals surface area contributed by atoms with Gasteiger partial charge >= 0.3 is 0 Å². The van der Waals surface area contributed by atoms with Crippen molar-refractivity contribution >= 4 is 21.4 Å². The van der Waals surface area contributed by atoms with Gasteiger partial charge < -0.3 is 5.11 Å². The number of aliphatic hydroxyl groups is 1. The fraction of sp³-hybridized carbons (Fsp3) is 0.400. The summed E-state index contributed by atoms with van der Waals surface area (Å²) < 4.78 is 21.1. The Morgan fingerprint density at radius 2 is 1.80 bits per heavy atom. The highest BCUT2D eigenvalue weighted by Gasteiger charge is 2.41. The van der Waals surface area contributed by atoms with Gasteiger partial charge in [-0.05, 0) is 12.5 Å². The van der Waals surface area contributed by atoms with Gasteiger partial charge in [-0.1, -0.05) is 41.9 Å². The van der Waals surface area contributed by atoms with Crippen molar-refractivity contribution < 1.29 is 13.5 Å². The van der Waals surface area contributed by atoms with Crippen molar-refractivity contribution in [3.63, 3.8) is 0 Å². The van der Waals surface area contributed by atoms with Crippen molar-refractivity contribution in [2.24, 2.45) is 0 Å². The molecule has 1 rings (SSSR count). The molecule has 0 aliphatic carbocycles. The van der Waals surface area contributed by atoms with E-state index >= 15 is 0 Å². The lowest BCUT2D eigenvalue weighted by Crippen LogP contribution is -2.35. The molecule has 84 valence electrons. The average molecular weight is 249 g/mol. The average Bonchev–Trinajstić information content (AvgIpc) is 2.16. The first kappa shape index (κ1) is 12.5. The van der Waals surface area contributed by atoms with Gasteiger partial charge in [-0.15, -0.1) is 0 Å². The summed E-state index contributed by atoms with van der Waals surface area (Å²) in [6.45, 7) is 1.29. The zero-order valence-corrected chi connectivity index (χ0v) is 10.1. The molecule has 1 N–H and O–H groups in total. The van der Waals surface area contributed by atoms with E-state index in [1.54, 1.807) is 30.3 Å². The minimum Gasteiger partial charge on any atom is -0.385 e. The first-order valence-electron chi connectivity index (χ1n) is 4.38. The van der Waals surface area contributed by atoms with Crippen LogP contribution in [-0.2, 0) is 9.84 Å². The Bertz CT molecular complexity index is 425. The summed E-state index contributed by atoms with van der Waals surface area (Å²) in [5, 5.41) is 9.87. The van der Waals surface area contributed by atoms with Crippen LogP contribution in [-0.4, -0.2) is 24.0 Å². The molecule has 3 nitrogen and oxygen atoms in total. The highest BCUT2D eigenvalue weighted by Crippen LogP contribution is 2.35. The monoisotopic (exact) mass is 248 g/mol. The van der Waals surface area contributed by atoms with Crippen molar-refractivity contribution in [1.29, 1.82) is 0 Å². The molecule has 0 saturated heterocycles. The zero-order chi connectivity index (χ0) is 11.7. The molecule has 1 aromatic rings. The number of hydrogen-bond acceptors (Lipinski definition) is 3. The molecule has 1 aromatic carbocycles. The second-order valence-corrected chi connectivity index (χ2v) is 6.97. The summed E-state index contributed by atoms with van der Waals surface area (Å²) in [6, 6.07) is 8.48. The van der Waals surface area contributed by atoms with E-state index in [1.165, 1.54) is 6.92 Å². The molecule has 2 unspecified atom stereocenters. The van der Waals surface area contributed by atoms with Crippen LogP contribution in [0.15, 0.2) is 30.3 Å². The van der Waals surface area contributed by atoms with Crippen LogP contribution in [0.5, 0.6) is 0 Å². The molecular weight excluding hydrogens is 236 g/mol. The van der Waals surface area contributed by atoms with E-state index < -0.39 is 20.1 Å². The first-order chi connectivity index (χ1) is 6.77. The molecular formula is C10H13ClO3S. The standard InChI is InChI=1S/C10H13ClO3S/c1-10(11,15(2,13)14)9(12)8-6-4-3-5-7-8/h3-7,9,12H,1-2H3. The maximum atomic E-state index is 11.4. The number of halogens is 1. The van der Waals surface area contributed by atoms with Gasteiger partial charge in [-0.2, -0.15) is 0 Å². The smallest absolute Gasteiger partial charge is 0.172 e. The summed E-state index contributed by atoms with van der Waals surface area (Å²) in [7, 11) is -3.53. The molecule has 0 aliphatic rings. The van der Waals surface area contributed by atoms with E-state index in [0.717, 1.165) is 6.26 Å². The highest BCUT2D eigenvalue weighted by molar-refractivity contribution is 7.93. The lowest BCUT2D eigenvalue weighted by molar-refractivity contribution is 0.163. The lowest BCUT2D eigenvalue weighted by Gasteiger charge is -2.26. The fourth-order valence-corrected chi connectivity index (χ4v) is 1.80. The fourth-order valence-electron chi connectivity index (χ4n) is 1.14. The molecule has 15 heavy (non-hydrogen) atoms. The van der Waals surface area contributed by atoms with Crippen molar-refractivity contribution in [3.05, 3.63) is 35.9 Å². The Kier molecular flexibility index (Phi) is 3.43. The van der Waals surface area contributed by atoms with E-state index in [1.807, 2.05) is 0 Å². The van der Waals surface area contributed by atoms with Crippen molar-refractivity contribution in [1.82, 2.24) is 0 Å². The van der Waals surface area contributed by atoms with Gasteiger partial charge in [0.2, 0.25) is 0 Å². The molecule has 0 fully saturated rings. The van der Waals surface area contributed by atoms with Crippen molar-refractivity contribution in [2.45, 2.75) is 17.2 Å². The number of sulfone groups is 1. The lowest BCUT2D eigenvalue weighted by atomic mass is 10.1. The Balaban J connectivity index is 3.11. The summed E-state index contributed by atoms with van der Waals surface area (Å²) in [6.07, 6.45) is -0.234. The molecule has 0 radical (unpaired) electrons. The van der Waals surface area contributed by atoms with Crippen molar-refractivity contribution in [2.75, 3.05) is 6.26 Å². The SMILES string of the molecule is CC(Cl)(C(O)c1ccccc1)S(C)(=O)=O. The largest absolute Gasteiger partial charge is 0.385 e. The quantitative estimate of drug-likeness (QED) is 0.829.